The largest absolute Gasteiger partial charge is 1.00 e. The molecule has 0 spiro atoms. The molecule has 6 heteroatoms. The van der Waals surface area contributed by atoms with Crippen molar-refractivity contribution >= 4 is 6.03 Å². The third-order valence-electron chi connectivity index (χ3n) is 1.58. The molecule has 0 atom stereocenters. The van der Waals surface area contributed by atoms with E-state index in [1.165, 1.54) is 7.11 Å². The summed E-state index contributed by atoms with van der Waals surface area (Å²) in [7, 11) is 1.52. The number of methoxy groups -OCH3 is 1. The lowest BCUT2D eigenvalue weighted by atomic mass is 10.5. The highest BCUT2D eigenvalue weighted by Crippen LogP contribution is 1.75. The van der Waals surface area contributed by atoms with Crippen LogP contribution in [0, 0.1) is 0 Å². The highest BCUT2D eigenvalue weighted by atomic mass is 35.5. The summed E-state index contributed by atoms with van der Waals surface area (Å²) in [5, 5.41) is 5.18. The van der Waals surface area contributed by atoms with Crippen LogP contribution in [-0.4, -0.2) is 19.9 Å². The Kier molecular flexibility index (Phi) is 7.31. The lowest BCUT2D eigenvalue weighted by molar-refractivity contribution is -0.699. The molecular formula is C9H14ClN3O2. The van der Waals surface area contributed by atoms with Crippen LogP contribution in [0.1, 0.15) is 0 Å². The minimum atomic E-state index is -0.247. The van der Waals surface area contributed by atoms with Crippen LogP contribution in [0.15, 0.2) is 30.6 Å². The predicted molar refractivity (Wildman–Crippen MR) is 50.2 cm³/mol. The van der Waals surface area contributed by atoms with Gasteiger partial charge in [0.1, 0.15) is 6.73 Å². The minimum absolute atomic E-state index is 0. The van der Waals surface area contributed by atoms with Gasteiger partial charge in [0.25, 0.3) is 0 Å². The summed E-state index contributed by atoms with van der Waals surface area (Å²) in [5.74, 6) is 0. The number of aromatic nitrogens is 1. The molecule has 0 saturated heterocycles. The first kappa shape index (κ1) is 13.7. The molecule has 0 radical (unpaired) electrons. The highest BCUT2D eigenvalue weighted by molar-refractivity contribution is 5.73. The molecule has 0 unspecified atom stereocenters. The Labute approximate surface area is 94.8 Å². The van der Waals surface area contributed by atoms with Gasteiger partial charge in [0.15, 0.2) is 12.4 Å². The molecule has 0 saturated carbocycles. The zero-order chi connectivity index (χ0) is 10.2. The second kappa shape index (κ2) is 8.02. The maximum absolute atomic E-state index is 11.1. The molecule has 2 amide bonds. The monoisotopic (exact) mass is 231 g/mol. The van der Waals surface area contributed by atoms with Crippen molar-refractivity contribution in [2.24, 2.45) is 0 Å². The van der Waals surface area contributed by atoms with Crippen LogP contribution in [0.3, 0.4) is 0 Å². The highest BCUT2D eigenvalue weighted by Gasteiger charge is 2.01. The number of ether oxygens (including phenoxy) is 1. The Morgan fingerprint density at radius 1 is 1.27 bits per heavy atom. The first-order valence-electron chi connectivity index (χ1n) is 4.27. The first-order valence-corrected chi connectivity index (χ1v) is 4.27. The molecule has 1 rings (SSSR count). The molecule has 2 N–H and O–H groups in total. The Morgan fingerprint density at radius 3 is 2.53 bits per heavy atom. The van der Waals surface area contributed by atoms with E-state index in [-0.39, 0.29) is 25.2 Å². The molecule has 0 aliphatic heterocycles. The third-order valence-corrected chi connectivity index (χ3v) is 1.58. The average molecular weight is 232 g/mol. The number of pyridine rings is 1. The van der Waals surface area contributed by atoms with Gasteiger partial charge in [-0.25, -0.2) is 4.79 Å². The van der Waals surface area contributed by atoms with Crippen LogP contribution in [0.25, 0.3) is 0 Å². The zero-order valence-corrected chi connectivity index (χ0v) is 9.20. The molecule has 84 valence electrons. The van der Waals surface area contributed by atoms with Crippen molar-refractivity contribution in [3.05, 3.63) is 30.6 Å². The Balaban J connectivity index is 0.00000196. The van der Waals surface area contributed by atoms with Crippen LogP contribution in [0.4, 0.5) is 4.79 Å². The molecule has 0 aromatic carbocycles. The topological polar surface area (TPSA) is 54.2 Å². The number of carbonyl (C=O) groups excluding carboxylic acids is 1. The summed E-state index contributed by atoms with van der Waals surface area (Å²) < 4.78 is 6.54. The van der Waals surface area contributed by atoms with Gasteiger partial charge in [0.2, 0.25) is 6.67 Å². The minimum Gasteiger partial charge on any atom is -1.00 e. The average Bonchev–Trinajstić information content (AvgIpc) is 2.25. The van der Waals surface area contributed by atoms with Gasteiger partial charge in [-0.2, -0.15) is 4.57 Å². The summed E-state index contributed by atoms with van der Waals surface area (Å²) in [6, 6.07) is 5.47. The van der Waals surface area contributed by atoms with Crippen molar-refractivity contribution in [1.29, 1.82) is 0 Å². The number of hydrogen-bond donors (Lipinski definition) is 2. The van der Waals surface area contributed by atoms with E-state index in [9.17, 15) is 4.79 Å². The number of amides is 2. The molecule has 15 heavy (non-hydrogen) atoms. The quantitative estimate of drug-likeness (QED) is 0.425. The maximum Gasteiger partial charge on any atom is 0.321 e. The number of nitrogens with one attached hydrogen (secondary N) is 2. The van der Waals surface area contributed by atoms with Gasteiger partial charge in [-0.3, -0.25) is 5.32 Å². The van der Waals surface area contributed by atoms with Crippen LogP contribution in [-0.2, 0) is 11.4 Å². The van der Waals surface area contributed by atoms with E-state index >= 15 is 0 Å². The zero-order valence-electron chi connectivity index (χ0n) is 8.44. The molecule has 0 bridgehead atoms. The Bertz CT molecular complexity index is 282. The lowest BCUT2D eigenvalue weighted by Crippen LogP contribution is -3.00. The van der Waals surface area contributed by atoms with Gasteiger partial charge >= 0.3 is 6.03 Å². The summed E-state index contributed by atoms with van der Waals surface area (Å²) in [5.41, 5.74) is 0. The van der Waals surface area contributed by atoms with Gasteiger partial charge < -0.3 is 22.5 Å². The van der Waals surface area contributed by atoms with Crippen molar-refractivity contribution in [1.82, 2.24) is 10.6 Å². The number of rotatable bonds is 4. The second-order valence-electron chi connectivity index (χ2n) is 2.66. The third kappa shape index (κ3) is 5.87. The van der Waals surface area contributed by atoms with Crippen LogP contribution in [0.2, 0.25) is 0 Å². The molecule has 0 aliphatic carbocycles. The van der Waals surface area contributed by atoms with Gasteiger partial charge in [0, 0.05) is 19.2 Å². The fourth-order valence-corrected chi connectivity index (χ4v) is 0.903. The van der Waals surface area contributed by atoms with Gasteiger partial charge in [-0.1, -0.05) is 6.07 Å². The van der Waals surface area contributed by atoms with Crippen molar-refractivity contribution in [2.45, 2.75) is 6.67 Å². The predicted octanol–water partition coefficient (Wildman–Crippen LogP) is -3.16. The van der Waals surface area contributed by atoms with E-state index in [0.29, 0.717) is 6.67 Å². The van der Waals surface area contributed by atoms with E-state index in [1.807, 2.05) is 35.2 Å². The standard InChI is InChI=1S/C9H13N3O2.ClH/c1-14-8-11-9(13)10-7-12-5-3-2-4-6-12;/h2-6H,7-8H2,1H3,(H-,10,11,13);1H. The van der Waals surface area contributed by atoms with Crippen molar-refractivity contribution in [3.8, 4) is 0 Å². The molecule has 1 aromatic heterocycles. The molecule has 5 nitrogen and oxygen atoms in total. The van der Waals surface area contributed by atoms with Gasteiger partial charge in [-0.05, 0) is 0 Å². The van der Waals surface area contributed by atoms with Gasteiger partial charge in [0.05, 0.1) is 0 Å². The fraction of sp³-hybridized carbons (Fsp3) is 0.333. The van der Waals surface area contributed by atoms with Crippen LogP contribution >= 0.6 is 0 Å². The van der Waals surface area contributed by atoms with E-state index in [1.54, 1.807) is 0 Å². The van der Waals surface area contributed by atoms with Crippen LogP contribution < -0.4 is 27.6 Å². The maximum atomic E-state index is 11.1. The number of carbonyl (C=O) groups is 1. The number of nitrogens with zero attached hydrogens (tertiary/aromatic N) is 1. The molecular weight excluding hydrogens is 218 g/mol. The smallest absolute Gasteiger partial charge is 0.321 e. The number of halogens is 1. The SMILES string of the molecule is COCNC(=O)NC[n+]1ccccc1.[Cl-]. The summed E-state index contributed by atoms with van der Waals surface area (Å²) in [6.45, 7) is 0.654. The molecule has 1 heterocycles. The van der Waals surface area contributed by atoms with Crippen molar-refractivity contribution < 1.29 is 26.5 Å². The fourth-order valence-electron chi connectivity index (χ4n) is 0.903. The van der Waals surface area contributed by atoms with Crippen molar-refractivity contribution in [3.63, 3.8) is 0 Å². The first-order chi connectivity index (χ1) is 6.83. The van der Waals surface area contributed by atoms with E-state index in [2.05, 4.69) is 15.4 Å². The molecule has 0 fully saturated rings. The van der Waals surface area contributed by atoms with Gasteiger partial charge in [-0.15, -0.1) is 0 Å². The van der Waals surface area contributed by atoms with E-state index in [0.717, 1.165) is 0 Å². The molecule has 0 aliphatic rings. The Morgan fingerprint density at radius 2 is 1.93 bits per heavy atom. The summed E-state index contributed by atoms with van der Waals surface area (Å²) in [4.78, 5) is 11.1. The van der Waals surface area contributed by atoms with E-state index in [4.69, 9.17) is 0 Å². The van der Waals surface area contributed by atoms with Crippen molar-refractivity contribution in [2.75, 3.05) is 13.8 Å². The second-order valence-corrected chi connectivity index (χ2v) is 2.66. The number of hydrogen-bond acceptors (Lipinski definition) is 2. The summed E-state index contributed by atoms with van der Waals surface area (Å²) >= 11 is 0. The molecule has 1 aromatic rings. The normalized spacial score (nSPS) is 8.87. The summed E-state index contributed by atoms with van der Waals surface area (Å²) in [6.07, 6.45) is 3.74. The lowest BCUT2D eigenvalue weighted by Gasteiger charge is -2.03. The van der Waals surface area contributed by atoms with E-state index < -0.39 is 0 Å². The Hall–Kier alpha value is -1.33. The van der Waals surface area contributed by atoms with Crippen LogP contribution in [0.5, 0.6) is 0 Å². The number of urea groups is 1.